The van der Waals surface area contributed by atoms with E-state index in [0.717, 1.165) is 37.3 Å². The predicted molar refractivity (Wildman–Crippen MR) is 212 cm³/mol. The molecule has 0 radical (unpaired) electrons. The molecule has 310 valence electrons. The Morgan fingerprint density at radius 1 is 0.683 bits per heavy atom. The van der Waals surface area contributed by atoms with Crippen molar-refractivity contribution in [3.8, 4) is 5.75 Å². The van der Waals surface area contributed by atoms with Gasteiger partial charge in [-0.15, -0.1) is 35.8 Å². The average Bonchev–Trinajstić information content (AvgIpc) is 3.18. The Labute approximate surface area is 341 Å². The number of hydrogen-bond donors (Lipinski definition) is 6. The number of nitrogens with two attached hydrogens (primary N) is 2. The molecule has 0 heterocycles. The summed E-state index contributed by atoms with van der Waals surface area (Å²) < 4.78 is 95.7. The number of ether oxygens (including phenoxy) is 1. The van der Waals surface area contributed by atoms with Crippen LogP contribution in [0.4, 0.5) is 62.6 Å². The molecule has 0 aromatic heterocycles. The summed E-state index contributed by atoms with van der Waals surface area (Å²) in [5.41, 5.74) is 8.34. The third kappa shape index (κ3) is 10.2. The van der Waals surface area contributed by atoms with E-state index in [0.29, 0.717) is 11.8 Å². The molecule has 1 atom stereocenters. The van der Waals surface area contributed by atoms with E-state index >= 15 is 0 Å². The van der Waals surface area contributed by atoms with Crippen LogP contribution < -0.4 is 21.5 Å². The van der Waals surface area contributed by atoms with Crippen molar-refractivity contribution in [1.82, 2.24) is 0 Å². The molecule has 8 N–H and O–H groups in total. The van der Waals surface area contributed by atoms with Gasteiger partial charge in [-0.2, -0.15) is 21.9 Å². The minimum absolute atomic E-state index is 0.139. The maximum absolute atomic E-state index is 12.9. The molecule has 0 aliphatic carbocycles. The van der Waals surface area contributed by atoms with Crippen LogP contribution in [0.25, 0.3) is 0 Å². The first kappa shape index (κ1) is 43.9. The van der Waals surface area contributed by atoms with Gasteiger partial charge in [-0.25, -0.2) is 4.79 Å². The second kappa shape index (κ2) is 18.1. The molecule has 5 rings (SSSR count). The molecule has 0 spiro atoms. The minimum Gasteiger partial charge on any atom is -0.768 e. The van der Waals surface area contributed by atoms with Crippen molar-refractivity contribution in [3.63, 3.8) is 0 Å². The van der Waals surface area contributed by atoms with Crippen molar-refractivity contribution in [2.45, 2.75) is 21.6 Å². The van der Waals surface area contributed by atoms with Crippen LogP contribution in [0.2, 0.25) is 0 Å². The average molecular weight is 879 g/mol. The number of nitrogens with zero attached hydrogens (tertiary/aromatic N) is 8. The fraction of sp³-hybridized carbons (Fsp3) is 0.0588. The number of azo groups is 4. The topological polar surface area (TPSA) is 375 Å². The van der Waals surface area contributed by atoms with Gasteiger partial charge in [0.05, 0.1) is 29.9 Å². The molecule has 1 amide bonds. The van der Waals surface area contributed by atoms with Gasteiger partial charge < -0.3 is 31.2 Å². The molecule has 1 unspecified atom stereocenters. The number of methoxy groups -OCH3 is 1. The number of carbonyl (C=O) groups is 2. The molecular formula is C34H28N11O12S3-. The summed E-state index contributed by atoms with van der Waals surface area (Å²) in [5.74, 6) is -2.51. The first-order valence-electron chi connectivity index (χ1n) is 16.3. The lowest BCUT2D eigenvalue weighted by Crippen LogP contribution is -2.06. The highest BCUT2D eigenvalue weighted by molar-refractivity contribution is 7.86. The van der Waals surface area contributed by atoms with Crippen LogP contribution in [-0.4, -0.2) is 58.8 Å². The number of hydrogen-bond acceptors (Lipinski definition) is 19. The van der Waals surface area contributed by atoms with Crippen molar-refractivity contribution in [1.29, 1.82) is 0 Å². The van der Waals surface area contributed by atoms with E-state index in [1.807, 2.05) is 0 Å². The van der Waals surface area contributed by atoms with Gasteiger partial charge in [-0.1, -0.05) is 30.3 Å². The molecule has 0 bridgehead atoms. The summed E-state index contributed by atoms with van der Waals surface area (Å²) in [5, 5.41) is 44.8. The van der Waals surface area contributed by atoms with E-state index < -0.39 is 97.6 Å². The first-order chi connectivity index (χ1) is 28.3. The summed E-state index contributed by atoms with van der Waals surface area (Å²) in [6.07, 6.45) is 0. The molecule has 0 saturated heterocycles. The molecule has 0 fully saturated rings. The van der Waals surface area contributed by atoms with Crippen LogP contribution >= 0.6 is 0 Å². The molecule has 26 heteroatoms. The summed E-state index contributed by atoms with van der Waals surface area (Å²) in [7, 11) is -8.64. The lowest BCUT2D eigenvalue weighted by Gasteiger charge is -2.14. The van der Waals surface area contributed by atoms with Gasteiger partial charge >= 0.3 is 5.97 Å². The van der Waals surface area contributed by atoms with Gasteiger partial charge in [0.15, 0.2) is 0 Å². The fourth-order valence-electron chi connectivity index (χ4n) is 5.00. The summed E-state index contributed by atoms with van der Waals surface area (Å²) in [4.78, 5) is 23.1. The number of nitrogens with one attached hydrogen (secondary N) is 1. The Morgan fingerprint density at radius 3 is 1.78 bits per heavy atom. The number of amides is 1. The van der Waals surface area contributed by atoms with E-state index in [4.69, 9.17) is 16.2 Å². The highest BCUT2D eigenvalue weighted by atomic mass is 32.2. The Bertz CT molecular complexity index is 2910. The van der Waals surface area contributed by atoms with Crippen molar-refractivity contribution in [2.75, 3.05) is 23.9 Å². The third-order valence-electron chi connectivity index (χ3n) is 7.66. The molecule has 0 saturated carbocycles. The highest BCUT2D eigenvalue weighted by Gasteiger charge is 2.27. The van der Waals surface area contributed by atoms with Gasteiger partial charge in [-0.3, -0.25) is 18.1 Å². The quantitative estimate of drug-likeness (QED) is 0.0267. The fourth-order valence-corrected chi connectivity index (χ4v) is 6.74. The SMILES string of the molecule is COc1cc(N=Nc2ccc(S(=O)[O-])cc2S(=O)(=O)O)c(NC(C)=O)cc1N=Nc1c(N)c(N=Nc2ccccc2)c(N)c(N=Nc2ccccc2S(=O)(=O)O)c1C(=O)O. The molecule has 23 nitrogen and oxygen atoms in total. The van der Waals surface area contributed by atoms with Gasteiger partial charge in [0, 0.05) is 17.9 Å². The molecule has 0 aliphatic heterocycles. The normalized spacial score (nSPS) is 12.8. The van der Waals surface area contributed by atoms with Crippen LogP contribution in [0.3, 0.4) is 0 Å². The van der Waals surface area contributed by atoms with Crippen LogP contribution in [0.5, 0.6) is 5.75 Å². The second-order valence-electron chi connectivity index (χ2n) is 11.7. The van der Waals surface area contributed by atoms with Crippen LogP contribution in [0.15, 0.2) is 141 Å². The number of anilines is 3. The van der Waals surface area contributed by atoms with Crippen molar-refractivity contribution in [3.05, 3.63) is 90.5 Å². The summed E-state index contributed by atoms with van der Waals surface area (Å²) in [6, 6.07) is 18.0. The third-order valence-corrected chi connectivity index (χ3v) is 10.1. The number of aromatic carboxylic acids is 1. The maximum atomic E-state index is 12.9. The van der Waals surface area contributed by atoms with Crippen LogP contribution in [0, 0.1) is 0 Å². The maximum Gasteiger partial charge on any atom is 0.340 e. The number of carboxylic acid groups (broad SMARTS) is 1. The number of nitrogen functional groups attached to an aromatic ring is 2. The molecule has 5 aromatic carbocycles. The zero-order chi connectivity index (χ0) is 43.9. The smallest absolute Gasteiger partial charge is 0.340 e. The summed E-state index contributed by atoms with van der Waals surface area (Å²) in [6.45, 7) is 1.13. The minimum atomic E-state index is -5.01. The van der Waals surface area contributed by atoms with Crippen LogP contribution in [-0.2, 0) is 36.1 Å². The largest absolute Gasteiger partial charge is 0.768 e. The predicted octanol–water partition coefficient (Wildman–Crippen LogP) is 7.91. The Balaban J connectivity index is 1.71. The Hall–Kier alpha value is -7.23. The van der Waals surface area contributed by atoms with Crippen molar-refractivity contribution < 1.29 is 54.1 Å². The second-order valence-corrected chi connectivity index (χ2v) is 15.4. The first-order valence-corrected chi connectivity index (χ1v) is 20.2. The monoisotopic (exact) mass is 878 g/mol. The lowest BCUT2D eigenvalue weighted by molar-refractivity contribution is -0.114. The molecule has 0 aliphatic rings. The molecular weight excluding hydrogens is 851 g/mol. The van der Waals surface area contributed by atoms with Gasteiger partial charge in [0.1, 0.15) is 60.9 Å². The molecule has 5 aromatic rings. The van der Waals surface area contributed by atoms with E-state index in [1.54, 1.807) is 30.3 Å². The lowest BCUT2D eigenvalue weighted by atomic mass is 10.1. The van der Waals surface area contributed by atoms with E-state index in [-0.39, 0.29) is 28.5 Å². The Kier molecular flexibility index (Phi) is 13.3. The van der Waals surface area contributed by atoms with E-state index in [9.17, 15) is 49.4 Å². The standard InChI is InChI=1S/C34H29N11O12S3/c1-17(46)37-22-15-24(25(57-2)16-23(22)41-39-21-13-12-19(58(49)50)14-27(21)60(54,55)56)42-44-32-28(34(47)48)31(43-40-20-10-6-7-11-26(20)59(51,52)53)29(35)33(30(32)36)45-38-18-8-4-3-5-9-18/h3-16H,35-36H2,1-2H3,(H,37,46)(H,47,48)(H,49,50)(H,51,52,53)(H,54,55,56)/p-1. The highest BCUT2D eigenvalue weighted by Crippen LogP contribution is 2.50. The zero-order valence-corrected chi connectivity index (χ0v) is 33.0. The van der Waals surface area contributed by atoms with E-state index in [2.05, 4.69) is 46.2 Å². The number of rotatable bonds is 14. The Morgan fingerprint density at radius 2 is 1.22 bits per heavy atom. The van der Waals surface area contributed by atoms with Gasteiger partial charge in [-0.05, 0) is 59.6 Å². The van der Waals surface area contributed by atoms with Crippen molar-refractivity contribution in [2.24, 2.45) is 40.9 Å². The van der Waals surface area contributed by atoms with Gasteiger partial charge in [0.25, 0.3) is 20.2 Å². The van der Waals surface area contributed by atoms with E-state index in [1.165, 1.54) is 25.3 Å². The number of carboxylic acids is 1. The zero-order valence-electron chi connectivity index (χ0n) is 30.6. The van der Waals surface area contributed by atoms with Crippen molar-refractivity contribution >= 4 is 106 Å². The van der Waals surface area contributed by atoms with Crippen LogP contribution in [0.1, 0.15) is 17.3 Å². The number of benzene rings is 5. The van der Waals surface area contributed by atoms with Gasteiger partial charge in [0.2, 0.25) is 5.91 Å². The summed E-state index contributed by atoms with van der Waals surface area (Å²) >= 11 is -2.86. The number of carbonyl (C=O) groups excluding carboxylic acids is 1. The molecule has 60 heavy (non-hydrogen) atoms.